The second kappa shape index (κ2) is 7.18. The van der Waals surface area contributed by atoms with Crippen molar-refractivity contribution in [2.75, 3.05) is 11.9 Å². The molecule has 0 aliphatic rings. The van der Waals surface area contributed by atoms with Gasteiger partial charge >= 0.3 is 5.69 Å². The maximum Gasteiger partial charge on any atom is 0.311 e. The van der Waals surface area contributed by atoms with Crippen LogP contribution in [0.1, 0.15) is 5.56 Å². The Bertz CT molecular complexity index is 953. The highest BCUT2D eigenvalue weighted by Crippen LogP contribution is 2.23. The lowest BCUT2D eigenvalue weighted by molar-refractivity contribution is -0.384. The van der Waals surface area contributed by atoms with E-state index in [0.717, 1.165) is 16.5 Å². The summed E-state index contributed by atoms with van der Waals surface area (Å²) in [5.74, 6) is 0.132. The van der Waals surface area contributed by atoms with E-state index in [1.807, 2.05) is 24.4 Å². The number of aromatic amines is 1. The van der Waals surface area contributed by atoms with Crippen molar-refractivity contribution in [3.63, 3.8) is 0 Å². The van der Waals surface area contributed by atoms with Crippen molar-refractivity contribution in [3.05, 3.63) is 63.4 Å². The van der Waals surface area contributed by atoms with E-state index in [2.05, 4.69) is 20.3 Å². The highest BCUT2D eigenvalue weighted by molar-refractivity contribution is 6.31. The summed E-state index contributed by atoms with van der Waals surface area (Å²) < 4.78 is 0. The number of anilines is 1. The summed E-state index contributed by atoms with van der Waals surface area (Å²) in [6, 6.07) is 8.47. The summed E-state index contributed by atoms with van der Waals surface area (Å²) >= 11 is 6.03. The SMILES string of the molecule is NC(=NCCc1c[nH]c2ccc(Cl)cc12)Nc1ncccc1[N+](=O)[O-]. The number of nitrogens with one attached hydrogen (secondary N) is 2. The molecule has 4 N–H and O–H groups in total. The molecule has 0 spiro atoms. The van der Waals surface area contributed by atoms with E-state index in [1.54, 1.807) is 0 Å². The molecule has 0 saturated heterocycles. The standard InChI is InChI=1S/C16H15ClN6O2/c17-11-3-4-13-12(8-11)10(9-21-13)5-7-20-16(18)22-15-14(23(24)25)2-1-6-19-15/h1-4,6,8-9,21H,5,7H2,(H3,18,19,20,22). The van der Waals surface area contributed by atoms with Gasteiger partial charge in [0.15, 0.2) is 5.96 Å². The molecule has 0 bridgehead atoms. The van der Waals surface area contributed by atoms with E-state index < -0.39 is 4.92 Å². The highest BCUT2D eigenvalue weighted by atomic mass is 35.5. The molecule has 3 rings (SSSR count). The minimum Gasteiger partial charge on any atom is -0.370 e. The number of H-pyrrole nitrogens is 1. The lowest BCUT2D eigenvalue weighted by atomic mass is 10.1. The van der Waals surface area contributed by atoms with Gasteiger partial charge in [-0.25, -0.2) is 4.98 Å². The average molecular weight is 359 g/mol. The lowest BCUT2D eigenvalue weighted by Crippen LogP contribution is -2.24. The van der Waals surface area contributed by atoms with Gasteiger partial charge in [-0.05, 0) is 36.2 Å². The monoisotopic (exact) mass is 358 g/mol. The van der Waals surface area contributed by atoms with Crippen LogP contribution in [0.5, 0.6) is 0 Å². The molecule has 0 atom stereocenters. The van der Waals surface area contributed by atoms with Crippen molar-refractivity contribution in [1.29, 1.82) is 0 Å². The fourth-order valence-corrected chi connectivity index (χ4v) is 2.63. The first-order valence-electron chi connectivity index (χ1n) is 7.46. The number of benzene rings is 1. The van der Waals surface area contributed by atoms with E-state index in [-0.39, 0.29) is 17.5 Å². The van der Waals surface area contributed by atoms with Gasteiger partial charge in [0.1, 0.15) is 0 Å². The largest absolute Gasteiger partial charge is 0.370 e. The molecule has 8 nitrogen and oxygen atoms in total. The quantitative estimate of drug-likeness (QED) is 0.280. The number of guanidine groups is 1. The third kappa shape index (κ3) is 3.86. The summed E-state index contributed by atoms with van der Waals surface area (Å²) in [5, 5.41) is 15.3. The van der Waals surface area contributed by atoms with Crippen molar-refractivity contribution >= 4 is 40.0 Å². The van der Waals surface area contributed by atoms with Gasteiger partial charge < -0.3 is 16.0 Å². The molecule has 0 aliphatic carbocycles. The Morgan fingerprint density at radius 1 is 1.44 bits per heavy atom. The van der Waals surface area contributed by atoms with Gasteiger partial charge in [-0.2, -0.15) is 0 Å². The van der Waals surface area contributed by atoms with Gasteiger partial charge in [-0.3, -0.25) is 15.1 Å². The summed E-state index contributed by atoms with van der Waals surface area (Å²) in [6.07, 6.45) is 4.00. The molecule has 1 aromatic carbocycles. The average Bonchev–Trinajstić information content (AvgIpc) is 2.97. The Balaban J connectivity index is 1.68. The van der Waals surface area contributed by atoms with Crippen LogP contribution in [0, 0.1) is 10.1 Å². The number of hydrogen-bond acceptors (Lipinski definition) is 4. The van der Waals surface area contributed by atoms with Crippen molar-refractivity contribution in [2.24, 2.45) is 10.7 Å². The first kappa shape index (κ1) is 16.7. The van der Waals surface area contributed by atoms with Crippen LogP contribution in [0.25, 0.3) is 10.9 Å². The van der Waals surface area contributed by atoms with Crippen molar-refractivity contribution in [1.82, 2.24) is 9.97 Å². The van der Waals surface area contributed by atoms with Gasteiger partial charge in [0.25, 0.3) is 0 Å². The van der Waals surface area contributed by atoms with Gasteiger partial charge in [0.2, 0.25) is 5.82 Å². The molecule has 0 saturated carbocycles. The summed E-state index contributed by atoms with van der Waals surface area (Å²) in [4.78, 5) is 21.7. The molecule has 3 aromatic rings. The normalized spacial score (nSPS) is 11.6. The van der Waals surface area contributed by atoms with Crippen molar-refractivity contribution < 1.29 is 4.92 Å². The van der Waals surface area contributed by atoms with Crippen molar-refractivity contribution in [2.45, 2.75) is 6.42 Å². The smallest absolute Gasteiger partial charge is 0.311 e. The topological polar surface area (TPSA) is 122 Å². The molecule has 128 valence electrons. The second-order valence-corrected chi connectivity index (χ2v) is 5.71. The lowest BCUT2D eigenvalue weighted by Gasteiger charge is -2.05. The highest BCUT2D eigenvalue weighted by Gasteiger charge is 2.14. The number of pyridine rings is 1. The van der Waals surface area contributed by atoms with Crippen LogP contribution in [0.2, 0.25) is 5.02 Å². The van der Waals surface area contributed by atoms with Crippen LogP contribution in [0.4, 0.5) is 11.5 Å². The molecule has 25 heavy (non-hydrogen) atoms. The van der Waals surface area contributed by atoms with Gasteiger partial charge in [0, 0.05) is 40.9 Å². The van der Waals surface area contributed by atoms with Gasteiger partial charge in [-0.1, -0.05) is 11.6 Å². The fraction of sp³-hybridized carbons (Fsp3) is 0.125. The number of halogens is 1. The zero-order valence-electron chi connectivity index (χ0n) is 13.1. The number of fused-ring (bicyclic) bond motifs is 1. The molecule has 0 radical (unpaired) electrons. The zero-order valence-corrected chi connectivity index (χ0v) is 13.8. The van der Waals surface area contributed by atoms with E-state index in [0.29, 0.717) is 18.0 Å². The minimum absolute atomic E-state index is 0.0626. The third-order valence-electron chi connectivity index (χ3n) is 3.62. The van der Waals surface area contributed by atoms with Crippen LogP contribution in [-0.2, 0) is 6.42 Å². The Kier molecular flexibility index (Phi) is 4.80. The molecule has 0 amide bonds. The number of hydrogen-bond donors (Lipinski definition) is 3. The molecule has 0 aliphatic heterocycles. The van der Waals surface area contributed by atoms with Gasteiger partial charge in [0.05, 0.1) is 4.92 Å². The molecule has 2 heterocycles. The Morgan fingerprint density at radius 2 is 2.28 bits per heavy atom. The molecule has 0 unspecified atom stereocenters. The van der Waals surface area contributed by atoms with E-state index in [1.165, 1.54) is 18.3 Å². The Hall–Kier alpha value is -3.13. The Labute approximate surface area is 147 Å². The van der Waals surface area contributed by atoms with Crippen molar-refractivity contribution in [3.8, 4) is 0 Å². The van der Waals surface area contributed by atoms with E-state index >= 15 is 0 Å². The Morgan fingerprint density at radius 3 is 3.08 bits per heavy atom. The first-order valence-corrected chi connectivity index (χ1v) is 7.84. The fourth-order valence-electron chi connectivity index (χ4n) is 2.46. The van der Waals surface area contributed by atoms with Crippen LogP contribution in [0.15, 0.2) is 47.7 Å². The number of nitro groups is 1. The maximum atomic E-state index is 11.0. The first-order chi connectivity index (χ1) is 12.0. The van der Waals surface area contributed by atoms with Crippen LogP contribution in [-0.4, -0.2) is 27.4 Å². The third-order valence-corrected chi connectivity index (χ3v) is 3.86. The number of aliphatic imine (C=N–C) groups is 1. The number of nitrogens with two attached hydrogens (primary N) is 1. The number of aromatic nitrogens is 2. The summed E-state index contributed by atoms with van der Waals surface area (Å²) in [5.41, 5.74) is 7.70. The predicted molar refractivity (Wildman–Crippen MR) is 98.0 cm³/mol. The molecular formula is C16H15ClN6O2. The maximum absolute atomic E-state index is 11.0. The van der Waals surface area contributed by atoms with E-state index in [9.17, 15) is 10.1 Å². The van der Waals surface area contributed by atoms with E-state index in [4.69, 9.17) is 17.3 Å². The zero-order chi connectivity index (χ0) is 17.8. The van der Waals surface area contributed by atoms with Crippen LogP contribution >= 0.6 is 11.6 Å². The summed E-state index contributed by atoms with van der Waals surface area (Å²) in [7, 11) is 0. The molecule has 9 heteroatoms. The molecular weight excluding hydrogens is 344 g/mol. The van der Waals surface area contributed by atoms with Gasteiger partial charge in [-0.15, -0.1) is 0 Å². The number of rotatable bonds is 5. The minimum atomic E-state index is -0.529. The predicted octanol–water partition coefficient (Wildman–Crippen LogP) is 3.09. The summed E-state index contributed by atoms with van der Waals surface area (Å²) in [6.45, 7) is 0.416. The molecule has 2 aromatic heterocycles. The number of nitrogens with zero attached hydrogens (tertiary/aromatic N) is 3. The van der Waals surface area contributed by atoms with Crippen LogP contribution in [0.3, 0.4) is 0 Å². The van der Waals surface area contributed by atoms with Crippen LogP contribution < -0.4 is 11.1 Å². The second-order valence-electron chi connectivity index (χ2n) is 5.27. The molecule has 0 fully saturated rings.